The lowest BCUT2D eigenvalue weighted by atomic mass is 10.1. The van der Waals surface area contributed by atoms with Gasteiger partial charge in [0.05, 0.1) is 10.7 Å². The highest BCUT2D eigenvalue weighted by atomic mass is 35.5. The van der Waals surface area contributed by atoms with Crippen molar-refractivity contribution in [3.05, 3.63) is 28.8 Å². The van der Waals surface area contributed by atoms with Gasteiger partial charge in [-0.2, -0.15) is 0 Å². The Kier molecular flexibility index (Phi) is 7.21. The highest BCUT2D eigenvalue weighted by Crippen LogP contribution is 2.28. The van der Waals surface area contributed by atoms with Gasteiger partial charge in [0, 0.05) is 26.2 Å². The van der Waals surface area contributed by atoms with Crippen molar-refractivity contribution in [1.82, 2.24) is 5.32 Å². The number of hydrogen-bond donors (Lipinski definition) is 2. The summed E-state index contributed by atoms with van der Waals surface area (Å²) in [7, 11) is 4.00. The van der Waals surface area contributed by atoms with E-state index in [1.165, 1.54) is 5.56 Å². The molecule has 1 aromatic rings. The van der Waals surface area contributed by atoms with E-state index in [4.69, 9.17) is 16.7 Å². The van der Waals surface area contributed by atoms with E-state index < -0.39 is 0 Å². The Hall–Kier alpha value is -0.770. The minimum Gasteiger partial charge on any atom is -0.396 e. The van der Waals surface area contributed by atoms with Crippen molar-refractivity contribution in [2.24, 2.45) is 0 Å². The molecule has 1 unspecified atom stereocenters. The predicted octanol–water partition coefficient (Wildman–Crippen LogP) is 3.22. The molecule has 0 radical (unpaired) electrons. The summed E-state index contributed by atoms with van der Waals surface area (Å²) in [4.78, 5) is 2.17. The van der Waals surface area contributed by atoms with Crippen LogP contribution in [0.3, 0.4) is 0 Å². The Bertz CT molecular complexity index is 384. The SMILES string of the molecule is CNC(C)c1ccc(N(C)CCCCCO)c(Cl)c1. The zero-order chi connectivity index (χ0) is 14.3. The molecule has 0 heterocycles. The first kappa shape index (κ1) is 16.3. The van der Waals surface area contributed by atoms with Crippen molar-refractivity contribution in [3.8, 4) is 0 Å². The minimum absolute atomic E-state index is 0.279. The Labute approximate surface area is 121 Å². The Balaban J connectivity index is 2.62. The first-order valence-corrected chi connectivity index (χ1v) is 7.26. The molecule has 2 N–H and O–H groups in total. The molecule has 0 fully saturated rings. The Morgan fingerprint density at radius 1 is 1.32 bits per heavy atom. The largest absolute Gasteiger partial charge is 0.396 e. The number of hydrogen-bond acceptors (Lipinski definition) is 3. The van der Waals surface area contributed by atoms with Gasteiger partial charge in [-0.1, -0.05) is 17.7 Å². The standard InChI is InChI=1S/C15H25ClN2O/c1-12(17-2)13-7-8-15(14(16)11-13)18(3)9-5-4-6-10-19/h7-8,11-12,17,19H,4-6,9-10H2,1-3H3. The molecule has 0 aliphatic carbocycles. The van der Waals surface area contributed by atoms with Crippen LogP contribution < -0.4 is 10.2 Å². The van der Waals surface area contributed by atoms with Gasteiger partial charge in [-0.05, 0) is 50.9 Å². The van der Waals surface area contributed by atoms with Crippen molar-refractivity contribution < 1.29 is 5.11 Å². The molecule has 0 saturated carbocycles. The van der Waals surface area contributed by atoms with Crippen LogP contribution in [0.2, 0.25) is 5.02 Å². The molecular weight excluding hydrogens is 260 g/mol. The molecule has 1 rings (SSSR count). The molecule has 108 valence electrons. The van der Waals surface area contributed by atoms with Gasteiger partial charge in [-0.15, -0.1) is 0 Å². The molecule has 1 aromatic carbocycles. The summed E-state index contributed by atoms with van der Waals surface area (Å²) in [6, 6.07) is 6.54. The van der Waals surface area contributed by atoms with Crippen molar-refractivity contribution >= 4 is 17.3 Å². The number of aliphatic hydroxyl groups excluding tert-OH is 1. The van der Waals surface area contributed by atoms with Gasteiger partial charge in [0.25, 0.3) is 0 Å². The Morgan fingerprint density at radius 3 is 2.63 bits per heavy atom. The molecule has 19 heavy (non-hydrogen) atoms. The number of nitrogens with one attached hydrogen (secondary N) is 1. The lowest BCUT2D eigenvalue weighted by Crippen LogP contribution is -2.19. The van der Waals surface area contributed by atoms with Crippen LogP contribution in [0.4, 0.5) is 5.69 Å². The number of unbranched alkanes of at least 4 members (excludes halogenated alkanes) is 2. The fourth-order valence-electron chi connectivity index (χ4n) is 2.03. The van der Waals surface area contributed by atoms with Gasteiger partial charge >= 0.3 is 0 Å². The van der Waals surface area contributed by atoms with E-state index in [9.17, 15) is 0 Å². The lowest BCUT2D eigenvalue weighted by Gasteiger charge is -2.22. The molecule has 0 spiro atoms. The summed E-state index contributed by atoms with van der Waals surface area (Å²) in [5.41, 5.74) is 2.27. The van der Waals surface area contributed by atoms with Crippen LogP contribution in [0.15, 0.2) is 18.2 Å². The average molecular weight is 285 g/mol. The maximum Gasteiger partial charge on any atom is 0.0642 e. The second kappa shape index (κ2) is 8.41. The zero-order valence-electron chi connectivity index (χ0n) is 12.1. The monoisotopic (exact) mass is 284 g/mol. The molecule has 4 heteroatoms. The van der Waals surface area contributed by atoms with Crippen LogP contribution in [0.5, 0.6) is 0 Å². The number of aliphatic hydroxyl groups is 1. The number of anilines is 1. The Morgan fingerprint density at radius 2 is 2.05 bits per heavy atom. The third-order valence-corrected chi connectivity index (χ3v) is 3.77. The van der Waals surface area contributed by atoms with Crippen LogP contribution in [-0.2, 0) is 0 Å². The fourth-order valence-corrected chi connectivity index (χ4v) is 2.36. The second-order valence-corrected chi connectivity index (χ2v) is 5.33. The highest BCUT2D eigenvalue weighted by molar-refractivity contribution is 6.33. The number of benzene rings is 1. The van der Waals surface area contributed by atoms with E-state index in [0.717, 1.165) is 36.5 Å². The molecule has 0 aliphatic heterocycles. The van der Waals surface area contributed by atoms with E-state index in [1.807, 2.05) is 13.1 Å². The molecule has 0 aliphatic rings. The van der Waals surface area contributed by atoms with E-state index in [2.05, 4.69) is 36.3 Å². The van der Waals surface area contributed by atoms with Crippen LogP contribution in [0.1, 0.15) is 37.8 Å². The molecular formula is C15H25ClN2O. The van der Waals surface area contributed by atoms with E-state index in [0.29, 0.717) is 6.04 Å². The smallest absolute Gasteiger partial charge is 0.0642 e. The molecule has 0 amide bonds. The first-order valence-electron chi connectivity index (χ1n) is 6.88. The summed E-state index contributed by atoms with van der Waals surface area (Å²) in [5, 5.41) is 12.8. The maximum absolute atomic E-state index is 8.76. The van der Waals surface area contributed by atoms with Gasteiger partial charge in [0.1, 0.15) is 0 Å². The van der Waals surface area contributed by atoms with Gasteiger partial charge in [-0.3, -0.25) is 0 Å². The normalized spacial score (nSPS) is 12.5. The quantitative estimate of drug-likeness (QED) is 0.720. The van der Waals surface area contributed by atoms with Crippen LogP contribution >= 0.6 is 11.6 Å². The van der Waals surface area contributed by atoms with E-state index in [-0.39, 0.29) is 6.61 Å². The second-order valence-electron chi connectivity index (χ2n) is 4.93. The van der Waals surface area contributed by atoms with Crippen LogP contribution in [-0.4, -0.2) is 32.4 Å². The number of nitrogens with zero attached hydrogens (tertiary/aromatic N) is 1. The highest BCUT2D eigenvalue weighted by Gasteiger charge is 2.09. The van der Waals surface area contributed by atoms with Crippen molar-refractivity contribution in [3.63, 3.8) is 0 Å². The number of halogens is 1. The number of rotatable bonds is 8. The van der Waals surface area contributed by atoms with E-state index >= 15 is 0 Å². The topological polar surface area (TPSA) is 35.5 Å². The fraction of sp³-hybridized carbons (Fsp3) is 0.600. The van der Waals surface area contributed by atoms with Gasteiger partial charge in [0.15, 0.2) is 0 Å². The zero-order valence-corrected chi connectivity index (χ0v) is 12.9. The van der Waals surface area contributed by atoms with Crippen LogP contribution in [0, 0.1) is 0 Å². The molecule has 0 saturated heterocycles. The molecule has 1 atom stereocenters. The van der Waals surface area contributed by atoms with Crippen molar-refractivity contribution in [2.75, 3.05) is 32.1 Å². The van der Waals surface area contributed by atoms with Crippen molar-refractivity contribution in [2.45, 2.75) is 32.2 Å². The van der Waals surface area contributed by atoms with Crippen molar-refractivity contribution in [1.29, 1.82) is 0 Å². The summed E-state index contributed by atoms with van der Waals surface area (Å²) >= 11 is 6.36. The molecule has 0 bridgehead atoms. The summed E-state index contributed by atoms with van der Waals surface area (Å²) in [5.74, 6) is 0. The predicted molar refractivity (Wildman–Crippen MR) is 83.1 cm³/mol. The first-order chi connectivity index (χ1) is 9.10. The summed E-state index contributed by atoms with van der Waals surface area (Å²) in [6.07, 6.45) is 3.00. The van der Waals surface area contributed by atoms with Gasteiger partial charge in [-0.25, -0.2) is 0 Å². The average Bonchev–Trinajstić information content (AvgIpc) is 2.42. The summed E-state index contributed by atoms with van der Waals surface area (Å²) < 4.78 is 0. The third kappa shape index (κ3) is 5.01. The minimum atomic E-state index is 0.279. The maximum atomic E-state index is 8.76. The third-order valence-electron chi connectivity index (χ3n) is 3.47. The van der Waals surface area contributed by atoms with E-state index in [1.54, 1.807) is 0 Å². The van der Waals surface area contributed by atoms with Gasteiger partial charge < -0.3 is 15.3 Å². The molecule has 3 nitrogen and oxygen atoms in total. The summed E-state index contributed by atoms with van der Waals surface area (Å²) in [6.45, 7) is 3.35. The lowest BCUT2D eigenvalue weighted by molar-refractivity contribution is 0.283. The van der Waals surface area contributed by atoms with Gasteiger partial charge in [0.2, 0.25) is 0 Å². The van der Waals surface area contributed by atoms with Crippen LogP contribution in [0.25, 0.3) is 0 Å². The molecule has 0 aromatic heterocycles.